The summed E-state index contributed by atoms with van der Waals surface area (Å²) in [6, 6.07) is 0. The average molecular weight is 250 g/mol. The van der Waals surface area contributed by atoms with E-state index >= 15 is 0 Å². The molecule has 2 aliphatic rings. The van der Waals surface area contributed by atoms with Gasteiger partial charge >= 0.3 is 0 Å². The molecule has 2 bridgehead atoms. The first-order valence-electron chi connectivity index (χ1n) is 7.81. The van der Waals surface area contributed by atoms with E-state index in [1.165, 1.54) is 32.1 Å². The smallest absolute Gasteiger partial charge is 0.0723 e. The highest BCUT2D eigenvalue weighted by molar-refractivity contribution is 5.30. The molecule has 0 unspecified atom stereocenters. The molecule has 18 heavy (non-hydrogen) atoms. The molecule has 0 aromatic carbocycles. The average Bonchev–Trinajstić information content (AvgIpc) is 2.62. The van der Waals surface area contributed by atoms with Gasteiger partial charge < -0.3 is 5.11 Å². The molecular weight excluding hydrogens is 220 g/mol. The summed E-state index contributed by atoms with van der Waals surface area (Å²) >= 11 is 0. The van der Waals surface area contributed by atoms with Gasteiger partial charge in [-0.25, -0.2) is 0 Å². The van der Waals surface area contributed by atoms with Crippen molar-refractivity contribution in [2.75, 3.05) is 0 Å². The summed E-state index contributed by atoms with van der Waals surface area (Å²) in [4.78, 5) is 0. The molecule has 0 aromatic heterocycles. The Labute approximate surface area is 113 Å². The first-order chi connectivity index (χ1) is 8.41. The van der Waals surface area contributed by atoms with Crippen molar-refractivity contribution >= 4 is 0 Å². The van der Waals surface area contributed by atoms with E-state index in [9.17, 15) is 5.11 Å². The van der Waals surface area contributed by atoms with E-state index in [1.807, 2.05) is 0 Å². The lowest BCUT2D eigenvalue weighted by atomic mass is 9.69. The quantitative estimate of drug-likeness (QED) is 0.554. The number of aliphatic hydroxyl groups is 1. The van der Waals surface area contributed by atoms with Crippen LogP contribution in [0.25, 0.3) is 0 Å². The Kier molecular flexibility index (Phi) is 3.92. The van der Waals surface area contributed by atoms with Crippen molar-refractivity contribution in [3.63, 3.8) is 0 Å². The number of hydrogen-bond donors (Lipinski definition) is 1. The molecule has 3 atom stereocenters. The zero-order valence-corrected chi connectivity index (χ0v) is 12.6. The largest absolute Gasteiger partial charge is 0.389 e. The van der Waals surface area contributed by atoms with Crippen molar-refractivity contribution in [2.24, 2.45) is 16.7 Å². The van der Waals surface area contributed by atoms with E-state index in [2.05, 4.69) is 33.8 Å². The zero-order chi connectivity index (χ0) is 13.4. The molecule has 1 nitrogen and oxygen atoms in total. The van der Waals surface area contributed by atoms with Crippen LogP contribution < -0.4 is 0 Å². The van der Waals surface area contributed by atoms with Crippen molar-refractivity contribution in [3.05, 3.63) is 11.6 Å². The Morgan fingerprint density at radius 2 is 2.06 bits per heavy atom. The Balaban J connectivity index is 2.02. The van der Waals surface area contributed by atoms with Gasteiger partial charge in [0.1, 0.15) is 0 Å². The standard InChI is InChI=1S/C17H30O/c1-5-6-7-8-15(18)12-14-11-13-9-10-17(14,4)16(13,2)3/h12-13,15,18H,5-11H2,1-4H3/b14-12+/t13-,15+,17-/m0/s1. The lowest BCUT2D eigenvalue weighted by Crippen LogP contribution is -2.28. The predicted octanol–water partition coefficient (Wildman–Crippen LogP) is 4.70. The van der Waals surface area contributed by atoms with E-state index in [4.69, 9.17) is 0 Å². The number of allylic oxidation sites excluding steroid dienone is 1. The summed E-state index contributed by atoms with van der Waals surface area (Å²) < 4.78 is 0. The summed E-state index contributed by atoms with van der Waals surface area (Å²) in [6.07, 6.45) is 10.5. The molecule has 0 saturated heterocycles. The van der Waals surface area contributed by atoms with Gasteiger partial charge in [-0.15, -0.1) is 0 Å². The minimum Gasteiger partial charge on any atom is -0.389 e. The Bertz CT molecular complexity index is 329. The first-order valence-corrected chi connectivity index (χ1v) is 7.81. The van der Waals surface area contributed by atoms with Crippen molar-refractivity contribution in [1.29, 1.82) is 0 Å². The van der Waals surface area contributed by atoms with Crippen LogP contribution in [0.3, 0.4) is 0 Å². The van der Waals surface area contributed by atoms with Crippen LogP contribution in [0.1, 0.15) is 72.6 Å². The second-order valence-electron chi connectivity index (χ2n) is 7.25. The van der Waals surface area contributed by atoms with Gasteiger partial charge in [0.05, 0.1) is 6.10 Å². The monoisotopic (exact) mass is 250 g/mol. The predicted molar refractivity (Wildman–Crippen MR) is 77.5 cm³/mol. The summed E-state index contributed by atoms with van der Waals surface area (Å²) in [6.45, 7) is 9.48. The Hall–Kier alpha value is -0.300. The molecule has 1 N–H and O–H groups in total. The van der Waals surface area contributed by atoms with Crippen molar-refractivity contribution in [3.8, 4) is 0 Å². The van der Waals surface area contributed by atoms with Crippen molar-refractivity contribution in [2.45, 2.75) is 78.7 Å². The third kappa shape index (κ3) is 2.15. The van der Waals surface area contributed by atoms with Crippen LogP contribution >= 0.6 is 0 Å². The van der Waals surface area contributed by atoms with Gasteiger partial charge in [-0.1, -0.05) is 58.6 Å². The third-order valence-corrected chi connectivity index (χ3v) is 6.11. The SMILES string of the molecule is CCCCC[C@@H](O)/C=C1\C[C@@H]2CC[C@]1(C)C2(C)C. The highest BCUT2D eigenvalue weighted by atomic mass is 16.3. The van der Waals surface area contributed by atoms with Crippen LogP contribution in [0.5, 0.6) is 0 Å². The van der Waals surface area contributed by atoms with Crippen LogP contribution in [-0.4, -0.2) is 11.2 Å². The van der Waals surface area contributed by atoms with Crippen LogP contribution in [-0.2, 0) is 0 Å². The van der Waals surface area contributed by atoms with Crippen LogP contribution in [0.15, 0.2) is 11.6 Å². The normalized spacial score (nSPS) is 37.4. The minimum absolute atomic E-state index is 0.210. The van der Waals surface area contributed by atoms with Crippen molar-refractivity contribution in [1.82, 2.24) is 0 Å². The fraction of sp³-hybridized carbons (Fsp3) is 0.882. The molecule has 0 radical (unpaired) electrons. The maximum absolute atomic E-state index is 10.2. The molecule has 1 heteroatoms. The highest BCUT2D eigenvalue weighted by Crippen LogP contribution is 2.67. The summed E-state index contributed by atoms with van der Waals surface area (Å²) in [5.41, 5.74) is 2.33. The summed E-state index contributed by atoms with van der Waals surface area (Å²) in [5, 5.41) is 10.2. The summed E-state index contributed by atoms with van der Waals surface area (Å²) in [7, 11) is 0. The fourth-order valence-electron chi connectivity index (χ4n) is 4.19. The van der Waals surface area contributed by atoms with Crippen LogP contribution in [0, 0.1) is 16.7 Å². The van der Waals surface area contributed by atoms with Gasteiger partial charge in [-0.3, -0.25) is 0 Å². The molecular formula is C17H30O. The first kappa shape index (κ1) is 14.1. The fourth-order valence-corrected chi connectivity index (χ4v) is 4.19. The third-order valence-electron chi connectivity index (χ3n) is 6.11. The molecule has 0 aliphatic heterocycles. The van der Waals surface area contributed by atoms with Crippen LogP contribution in [0.2, 0.25) is 0 Å². The van der Waals surface area contributed by atoms with Gasteiger partial charge in [-0.2, -0.15) is 0 Å². The van der Waals surface area contributed by atoms with E-state index in [0.29, 0.717) is 10.8 Å². The summed E-state index contributed by atoms with van der Waals surface area (Å²) in [5.74, 6) is 0.844. The van der Waals surface area contributed by atoms with Gasteiger partial charge in [0, 0.05) is 0 Å². The van der Waals surface area contributed by atoms with Gasteiger partial charge in [0.2, 0.25) is 0 Å². The van der Waals surface area contributed by atoms with E-state index in [-0.39, 0.29) is 6.10 Å². The van der Waals surface area contributed by atoms with Gasteiger partial charge in [0.25, 0.3) is 0 Å². The molecule has 2 rings (SSSR count). The molecule has 0 heterocycles. The molecule has 2 aliphatic carbocycles. The second kappa shape index (κ2) is 5.00. The molecule has 2 fully saturated rings. The lowest BCUT2D eigenvalue weighted by molar-refractivity contribution is 0.173. The highest BCUT2D eigenvalue weighted by Gasteiger charge is 2.58. The second-order valence-corrected chi connectivity index (χ2v) is 7.25. The Morgan fingerprint density at radius 3 is 2.56 bits per heavy atom. The van der Waals surface area contributed by atoms with Gasteiger partial charge in [0.15, 0.2) is 0 Å². The van der Waals surface area contributed by atoms with E-state index in [0.717, 1.165) is 18.8 Å². The van der Waals surface area contributed by atoms with Gasteiger partial charge in [-0.05, 0) is 42.4 Å². The van der Waals surface area contributed by atoms with E-state index < -0.39 is 0 Å². The number of unbranched alkanes of at least 4 members (excludes halogenated alkanes) is 2. The topological polar surface area (TPSA) is 20.2 Å². The number of hydrogen-bond acceptors (Lipinski definition) is 1. The zero-order valence-electron chi connectivity index (χ0n) is 12.6. The maximum Gasteiger partial charge on any atom is 0.0723 e. The van der Waals surface area contributed by atoms with E-state index in [1.54, 1.807) is 5.57 Å². The molecule has 0 spiro atoms. The minimum atomic E-state index is -0.210. The van der Waals surface area contributed by atoms with Crippen molar-refractivity contribution < 1.29 is 5.11 Å². The lowest BCUT2D eigenvalue weighted by Gasteiger charge is -2.36. The Morgan fingerprint density at radius 1 is 1.33 bits per heavy atom. The van der Waals surface area contributed by atoms with Crippen LogP contribution in [0.4, 0.5) is 0 Å². The molecule has 0 amide bonds. The number of aliphatic hydroxyl groups excluding tert-OH is 1. The maximum atomic E-state index is 10.2. The molecule has 2 saturated carbocycles. The molecule has 104 valence electrons. The number of rotatable bonds is 5. The molecule has 0 aromatic rings. The number of fused-ring (bicyclic) bond motifs is 2.